The number of nitrogens with zero attached hydrogens (tertiary/aromatic N) is 2. The van der Waals surface area contributed by atoms with Crippen molar-refractivity contribution in [3.05, 3.63) is 23.1 Å². The minimum atomic E-state index is -0.531. The molecule has 0 aliphatic carbocycles. The molecule has 14 heavy (non-hydrogen) atoms. The van der Waals surface area contributed by atoms with Crippen LogP contribution in [-0.4, -0.2) is 37.1 Å². The first-order valence-corrected chi connectivity index (χ1v) is 4.56. The first-order valence-electron chi connectivity index (χ1n) is 4.18. The third kappa shape index (κ3) is 3.47. The molecule has 0 aliphatic heterocycles. The minimum absolute atomic E-state index is 0.00347. The van der Waals surface area contributed by atoms with Gasteiger partial charge in [-0.1, -0.05) is 11.6 Å². The zero-order chi connectivity index (χ0) is 10.6. The van der Waals surface area contributed by atoms with Gasteiger partial charge in [0.25, 0.3) is 5.88 Å². The molecule has 0 aliphatic rings. The second-order valence-corrected chi connectivity index (χ2v) is 3.53. The monoisotopic (exact) mass is 218 g/mol. The predicted molar refractivity (Wildman–Crippen MR) is 53.3 cm³/mol. The van der Waals surface area contributed by atoms with Gasteiger partial charge in [-0.2, -0.15) is 0 Å². The van der Waals surface area contributed by atoms with Gasteiger partial charge in [0.05, 0.1) is 5.02 Å². The number of halogens is 2. The van der Waals surface area contributed by atoms with Crippen LogP contribution in [0.1, 0.15) is 0 Å². The third-order valence-corrected chi connectivity index (χ3v) is 1.76. The number of rotatable bonds is 4. The molecular weight excluding hydrogens is 207 g/mol. The lowest BCUT2D eigenvalue weighted by atomic mass is 10.4. The lowest BCUT2D eigenvalue weighted by Crippen LogP contribution is -2.20. The molecule has 0 amide bonds. The second kappa shape index (κ2) is 5.12. The Morgan fingerprint density at radius 1 is 1.57 bits per heavy atom. The van der Waals surface area contributed by atoms with Crippen molar-refractivity contribution in [3.8, 4) is 5.88 Å². The summed E-state index contributed by atoms with van der Waals surface area (Å²) in [5.74, 6) is -0.535. The Labute approximate surface area is 87.5 Å². The van der Waals surface area contributed by atoms with E-state index < -0.39 is 5.82 Å². The van der Waals surface area contributed by atoms with Crippen LogP contribution in [0.4, 0.5) is 4.39 Å². The average molecular weight is 219 g/mol. The molecule has 0 radical (unpaired) electrons. The summed E-state index contributed by atoms with van der Waals surface area (Å²) >= 11 is 5.54. The van der Waals surface area contributed by atoms with Crippen molar-refractivity contribution < 1.29 is 9.13 Å². The molecular formula is C9H12ClFN2O. The standard InChI is InChI=1S/C9H12ClFN2O/c1-13(2)3-4-14-9-8(11)5-7(10)6-12-9/h5-6H,3-4H2,1-2H3. The van der Waals surface area contributed by atoms with Crippen LogP contribution in [0.25, 0.3) is 0 Å². The van der Waals surface area contributed by atoms with E-state index in [-0.39, 0.29) is 10.9 Å². The number of aromatic nitrogens is 1. The van der Waals surface area contributed by atoms with Gasteiger partial charge in [-0.25, -0.2) is 9.37 Å². The summed E-state index contributed by atoms with van der Waals surface area (Å²) in [5.41, 5.74) is 0. The molecule has 0 saturated heterocycles. The van der Waals surface area contributed by atoms with Gasteiger partial charge in [-0.05, 0) is 20.2 Å². The van der Waals surface area contributed by atoms with Gasteiger partial charge in [0.15, 0.2) is 5.82 Å². The smallest absolute Gasteiger partial charge is 0.250 e. The molecule has 0 spiro atoms. The third-order valence-electron chi connectivity index (χ3n) is 1.55. The van der Waals surface area contributed by atoms with Crippen LogP contribution in [0.15, 0.2) is 12.3 Å². The zero-order valence-electron chi connectivity index (χ0n) is 8.13. The quantitative estimate of drug-likeness (QED) is 0.771. The van der Waals surface area contributed by atoms with E-state index >= 15 is 0 Å². The number of pyridine rings is 1. The highest BCUT2D eigenvalue weighted by Gasteiger charge is 2.05. The zero-order valence-corrected chi connectivity index (χ0v) is 8.88. The van der Waals surface area contributed by atoms with E-state index in [4.69, 9.17) is 16.3 Å². The van der Waals surface area contributed by atoms with Gasteiger partial charge < -0.3 is 9.64 Å². The Bertz CT molecular complexity index is 307. The summed E-state index contributed by atoms with van der Waals surface area (Å²) in [6.07, 6.45) is 1.36. The van der Waals surface area contributed by atoms with Crippen molar-refractivity contribution in [1.29, 1.82) is 0 Å². The maximum Gasteiger partial charge on any atom is 0.250 e. The van der Waals surface area contributed by atoms with Crippen molar-refractivity contribution in [2.75, 3.05) is 27.2 Å². The molecule has 1 aromatic rings. The lowest BCUT2D eigenvalue weighted by molar-refractivity contribution is 0.244. The Balaban J connectivity index is 2.51. The van der Waals surface area contributed by atoms with Crippen molar-refractivity contribution >= 4 is 11.6 Å². The normalized spacial score (nSPS) is 10.6. The molecule has 1 rings (SSSR count). The topological polar surface area (TPSA) is 25.4 Å². The summed E-state index contributed by atoms with van der Waals surface area (Å²) in [6, 6.07) is 1.18. The van der Waals surface area contributed by atoms with Crippen LogP contribution >= 0.6 is 11.6 Å². The second-order valence-electron chi connectivity index (χ2n) is 3.09. The van der Waals surface area contributed by atoms with E-state index in [1.165, 1.54) is 12.3 Å². The molecule has 3 nitrogen and oxygen atoms in total. The lowest BCUT2D eigenvalue weighted by Gasteiger charge is -2.10. The molecule has 0 N–H and O–H groups in total. The SMILES string of the molecule is CN(C)CCOc1ncc(Cl)cc1F. The van der Waals surface area contributed by atoms with E-state index in [1.54, 1.807) is 0 Å². The molecule has 1 aromatic heterocycles. The van der Waals surface area contributed by atoms with E-state index in [9.17, 15) is 4.39 Å². The van der Waals surface area contributed by atoms with Crippen LogP contribution in [0.5, 0.6) is 5.88 Å². The van der Waals surface area contributed by atoms with Crippen LogP contribution in [0, 0.1) is 5.82 Å². The van der Waals surface area contributed by atoms with Gasteiger partial charge >= 0.3 is 0 Å². The highest BCUT2D eigenvalue weighted by Crippen LogP contribution is 2.17. The molecule has 0 bridgehead atoms. The molecule has 0 aromatic carbocycles. The highest BCUT2D eigenvalue weighted by atomic mass is 35.5. The van der Waals surface area contributed by atoms with Crippen LogP contribution in [-0.2, 0) is 0 Å². The fourth-order valence-electron chi connectivity index (χ4n) is 0.833. The molecule has 0 unspecified atom stereocenters. The van der Waals surface area contributed by atoms with Crippen molar-refractivity contribution in [2.45, 2.75) is 0 Å². The number of hydrogen-bond donors (Lipinski definition) is 0. The van der Waals surface area contributed by atoms with E-state index in [2.05, 4.69) is 4.98 Å². The largest absolute Gasteiger partial charge is 0.474 e. The van der Waals surface area contributed by atoms with Crippen molar-refractivity contribution in [3.63, 3.8) is 0 Å². The molecule has 0 atom stereocenters. The van der Waals surface area contributed by atoms with Crippen LogP contribution in [0.2, 0.25) is 5.02 Å². The van der Waals surface area contributed by atoms with Gasteiger partial charge in [-0.15, -0.1) is 0 Å². The van der Waals surface area contributed by atoms with Gasteiger partial charge in [0.1, 0.15) is 6.61 Å². The molecule has 0 saturated carbocycles. The van der Waals surface area contributed by atoms with E-state index in [0.717, 1.165) is 0 Å². The number of hydrogen-bond acceptors (Lipinski definition) is 3. The van der Waals surface area contributed by atoms with Gasteiger partial charge in [-0.3, -0.25) is 0 Å². The molecule has 0 fully saturated rings. The first-order chi connectivity index (χ1) is 6.59. The van der Waals surface area contributed by atoms with Gasteiger partial charge in [0, 0.05) is 12.7 Å². The Hall–Kier alpha value is -0.870. The first kappa shape index (κ1) is 11.2. The molecule has 78 valence electrons. The van der Waals surface area contributed by atoms with Crippen LogP contribution < -0.4 is 4.74 Å². The maximum atomic E-state index is 13.1. The summed E-state index contributed by atoms with van der Waals surface area (Å²) in [6.45, 7) is 1.11. The Morgan fingerprint density at radius 3 is 2.86 bits per heavy atom. The fraction of sp³-hybridized carbons (Fsp3) is 0.444. The van der Waals surface area contributed by atoms with Gasteiger partial charge in [0.2, 0.25) is 0 Å². The van der Waals surface area contributed by atoms with E-state index in [1.807, 2.05) is 19.0 Å². The number of likely N-dealkylation sites (N-methyl/N-ethyl adjacent to an activating group) is 1. The predicted octanol–water partition coefficient (Wildman–Crippen LogP) is 1.81. The van der Waals surface area contributed by atoms with Crippen LogP contribution in [0.3, 0.4) is 0 Å². The summed E-state index contributed by atoms with van der Waals surface area (Å²) in [7, 11) is 3.82. The van der Waals surface area contributed by atoms with E-state index in [0.29, 0.717) is 13.2 Å². The summed E-state index contributed by atoms with van der Waals surface area (Å²) in [5, 5.41) is 0.266. The summed E-state index contributed by atoms with van der Waals surface area (Å²) in [4.78, 5) is 5.67. The Kier molecular flexibility index (Phi) is 4.10. The summed E-state index contributed by atoms with van der Waals surface area (Å²) < 4.78 is 18.2. The molecule has 1 heterocycles. The minimum Gasteiger partial charge on any atom is -0.474 e. The van der Waals surface area contributed by atoms with Crippen molar-refractivity contribution in [1.82, 2.24) is 9.88 Å². The average Bonchev–Trinajstić information content (AvgIpc) is 2.08. The maximum absolute atomic E-state index is 13.1. The Morgan fingerprint density at radius 2 is 2.29 bits per heavy atom. The van der Waals surface area contributed by atoms with Crippen molar-refractivity contribution in [2.24, 2.45) is 0 Å². The number of ether oxygens (including phenoxy) is 1. The highest BCUT2D eigenvalue weighted by molar-refractivity contribution is 6.30. The molecule has 5 heteroatoms. The fourth-order valence-corrected chi connectivity index (χ4v) is 0.978.